The maximum atomic E-state index is 12.1. The molecule has 9 heteroatoms. The highest BCUT2D eigenvalue weighted by Crippen LogP contribution is 2.32. The number of hydrogen-bond donors (Lipinski definition) is 3. The lowest BCUT2D eigenvalue weighted by Crippen LogP contribution is -2.43. The third-order valence-electron chi connectivity index (χ3n) is 3.56. The predicted octanol–water partition coefficient (Wildman–Crippen LogP) is 3.41. The zero-order valence-corrected chi connectivity index (χ0v) is 16.8. The number of hydrogen-bond acceptors (Lipinski definition) is 6. The Morgan fingerprint density at radius 2 is 2.00 bits per heavy atom. The van der Waals surface area contributed by atoms with Crippen LogP contribution in [0.2, 0.25) is 0 Å². The van der Waals surface area contributed by atoms with Gasteiger partial charge in [-0.2, -0.15) is 0 Å². The molecule has 2 aromatic heterocycles. The van der Waals surface area contributed by atoms with Crippen molar-refractivity contribution in [3.8, 4) is 0 Å². The largest absolute Gasteiger partial charge is 0.465 e. The standard InChI is InChI=1S/C16H19N3O3S3/c1-5-11-6-10(7-24-11)13(20)18-19-16(23)17-14-12(15(21)22-4)8(2)9(3)25-14/h6-7H,5H2,1-4H3,(H,18,20)(H2,17,19,23). The van der Waals surface area contributed by atoms with Gasteiger partial charge in [-0.15, -0.1) is 22.7 Å². The molecule has 2 heterocycles. The number of nitrogens with one attached hydrogen (secondary N) is 3. The van der Waals surface area contributed by atoms with Gasteiger partial charge in [0.05, 0.1) is 18.2 Å². The van der Waals surface area contributed by atoms with E-state index >= 15 is 0 Å². The summed E-state index contributed by atoms with van der Waals surface area (Å²) in [5.74, 6) is -0.701. The van der Waals surface area contributed by atoms with Gasteiger partial charge in [-0.25, -0.2) is 4.79 Å². The summed E-state index contributed by atoms with van der Waals surface area (Å²) < 4.78 is 4.82. The second-order valence-electron chi connectivity index (χ2n) is 5.17. The molecule has 0 saturated heterocycles. The number of aryl methyl sites for hydroxylation is 2. The van der Waals surface area contributed by atoms with Crippen LogP contribution in [0.15, 0.2) is 11.4 Å². The molecule has 2 rings (SSSR count). The van der Waals surface area contributed by atoms with Gasteiger partial charge in [0, 0.05) is 15.1 Å². The second kappa shape index (κ2) is 8.41. The van der Waals surface area contributed by atoms with Gasteiger partial charge in [0.25, 0.3) is 5.91 Å². The lowest BCUT2D eigenvalue weighted by atomic mass is 10.1. The quantitative estimate of drug-likeness (QED) is 0.417. The first-order chi connectivity index (χ1) is 11.9. The smallest absolute Gasteiger partial charge is 0.341 e. The number of esters is 1. The summed E-state index contributed by atoms with van der Waals surface area (Å²) in [4.78, 5) is 26.2. The molecule has 0 saturated carbocycles. The number of carbonyl (C=O) groups is 2. The SMILES string of the molecule is CCc1cc(C(=O)NNC(=S)Nc2sc(C)c(C)c2C(=O)OC)cs1. The van der Waals surface area contributed by atoms with E-state index < -0.39 is 5.97 Å². The Morgan fingerprint density at radius 1 is 1.28 bits per heavy atom. The molecule has 0 aliphatic heterocycles. The fourth-order valence-corrected chi connectivity index (χ4v) is 4.15. The Balaban J connectivity index is 2.00. The number of carbonyl (C=O) groups excluding carboxylic acids is 2. The van der Waals surface area contributed by atoms with Crippen LogP contribution < -0.4 is 16.2 Å². The molecule has 3 N–H and O–H groups in total. The van der Waals surface area contributed by atoms with Gasteiger partial charge in [0.2, 0.25) is 0 Å². The van der Waals surface area contributed by atoms with Crippen LogP contribution in [-0.2, 0) is 11.2 Å². The highest BCUT2D eigenvalue weighted by molar-refractivity contribution is 7.80. The molecule has 0 aliphatic rings. The number of hydrazine groups is 1. The summed E-state index contributed by atoms with van der Waals surface area (Å²) in [6.07, 6.45) is 0.888. The van der Waals surface area contributed by atoms with Crippen molar-refractivity contribution in [3.05, 3.63) is 37.9 Å². The molecule has 0 fully saturated rings. The molecule has 0 atom stereocenters. The van der Waals surface area contributed by atoms with E-state index in [0.717, 1.165) is 21.7 Å². The summed E-state index contributed by atoms with van der Waals surface area (Å²) in [6, 6.07) is 1.85. The van der Waals surface area contributed by atoms with Crippen molar-refractivity contribution in [1.82, 2.24) is 10.9 Å². The normalized spacial score (nSPS) is 10.2. The third-order valence-corrected chi connectivity index (χ3v) is 5.96. The number of anilines is 1. The molecule has 0 bridgehead atoms. The average Bonchev–Trinajstić information content (AvgIpc) is 3.17. The zero-order valence-electron chi connectivity index (χ0n) is 14.3. The molecule has 2 aromatic rings. The van der Waals surface area contributed by atoms with Gasteiger partial charge in [0.15, 0.2) is 5.11 Å². The minimum Gasteiger partial charge on any atom is -0.465 e. The van der Waals surface area contributed by atoms with E-state index in [2.05, 4.69) is 16.2 Å². The van der Waals surface area contributed by atoms with E-state index in [1.54, 1.807) is 5.38 Å². The topological polar surface area (TPSA) is 79.5 Å². The average molecular weight is 398 g/mol. The molecule has 25 heavy (non-hydrogen) atoms. The molecule has 134 valence electrons. The van der Waals surface area contributed by atoms with E-state index in [-0.39, 0.29) is 11.0 Å². The predicted molar refractivity (Wildman–Crippen MR) is 106 cm³/mol. The summed E-state index contributed by atoms with van der Waals surface area (Å²) >= 11 is 8.13. The van der Waals surface area contributed by atoms with Crippen LogP contribution in [0.1, 0.15) is 43.0 Å². The van der Waals surface area contributed by atoms with Crippen molar-refractivity contribution in [2.24, 2.45) is 0 Å². The fraction of sp³-hybridized carbons (Fsp3) is 0.312. The Bertz CT molecular complexity index is 811. The number of rotatable bonds is 4. The van der Waals surface area contributed by atoms with Crippen LogP contribution in [0.3, 0.4) is 0 Å². The van der Waals surface area contributed by atoms with E-state index in [1.807, 2.05) is 26.8 Å². The maximum Gasteiger partial charge on any atom is 0.341 e. The van der Waals surface area contributed by atoms with Crippen molar-refractivity contribution in [2.45, 2.75) is 27.2 Å². The van der Waals surface area contributed by atoms with Gasteiger partial charge >= 0.3 is 5.97 Å². The zero-order chi connectivity index (χ0) is 18.6. The van der Waals surface area contributed by atoms with Gasteiger partial charge in [-0.3, -0.25) is 15.6 Å². The van der Waals surface area contributed by atoms with Crippen LogP contribution in [0.5, 0.6) is 0 Å². The lowest BCUT2D eigenvalue weighted by Gasteiger charge is -2.11. The van der Waals surface area contributed by atoms with Crippen molar-refractivity contribution in [3.63, 3.8) is 0 Å². The van der Waals surface area contributed by atoms with E-state index in [4.69, 9.17) is 17.0 Å². The van der Waals surface area contributed by atoms with Gasteiger partial charge < -0.3 is 10.1 Å². The van der Waals surface area contributed by atoms with Crippen LogP contribution in [-0.4, -0.2) is 24.1 Å². The number of ether oxygens (including phenoxy) is 1. The van der Waals surface area contributed by atoms with Gasteiger partial charge in [-0.05, 0) is 44.1 Å². The third kappa shape index (κ3) is 4.56. The van der Waals surface area contributed by atoms with Crippen molar-refractivity contribution < 1.29 is 14.3 Å². The first-order valence-electron chi connectivity index (χ1n) is 7.50. The Labute approximate surface area is 159 Å². The Kier molecular flexibility index (Phi) is 6.51. The molecule has 0 aromatic carbocycles. The van der Waals surface area contributed by atoms with Gasteiger partial charge in [-0.1, -0.05) is 6.92 Å². The molecule has 0 unspecified atom stereocenters. The van der Waals surface area contributed by atoms with Gasteiger partial charge in [0.1, 0.15) is 5.00 Å². The van der Waals surface area contributed by atoms with E-state index in [1.165, 1.54) is 29.8 Å². The number of methoxy groups -OCH3 is 1. The molecule has 0 aliphatic carbocycles. The molecule has 1 amide bonds. The highest BCUT2D eigenvalue weighted by atomic mass is 32.1. The Morgan fingerprint density at radius 3 is 2.60 bits per heavy atom. The van der Waals surface area contributed by atoms with Crippen molar-refractivity contribution in [2.75, 3.05) is 12.4 Å². The van der Waals surface area contributed by atoms with Crippen LogP contribution in [0, 0.1) is 13.8 Å². The fourth-order valence-electron chi connectivity index (χ4n) is 2.07. The maximum absolute atomic E-state index is 12.1. The van der Waals surface area contributed by atoms with E-state index in [9.17, 15) is 9.59 Å². The van der Waals surface area contributed by atoms with Crippen LogP contribution >= 0.6 is 34.9 Å². The molecule has 6 nitrogen and oxygen atoms in total. The highest BCUT2D eigenvalue weighted by Gasteiger charge is 2.21. The molecular weight excluding hydrogens is 378 g/mol. The second-order valence-corrected chi connectivity index (χ2v) is 7.80. The number of thiophene rings is 2. The monoisotopic (exact) mass is 397 g/mol. The molecule has 0 spiro atoms. The van der Waals surface area contributed by atoms with Crippen LogP contribution in [0.4, 0.5) is 5.00 Å². The summed E-state index contributed by atoms with van der Waals surface area (Å²) in [7, 11) is 1.33. The summed E-state index contributed by atoms with van der Waals surface area (Å²) in [5.41, 5.74) is 7.07. The van der Waals surface area contributed by atoms with E-state index in [0.29, 0.717) is 16.1 Å². The van der Waals surface area contributed by atoms with Crippen molar-refractivity contribution >= 4 is 56.9 Å². The first-order valence-corrected chi connectivity index (χ1v) is 9.60. The summed E-state index contributed by atoms with van der Waals surface area (Å²) in [6.45, 7) is 5.80. The molecular formula is C16H19N3O3S3. The minimum absolute atomic E-state index is 0.186. The van der Waals surface area contributed by atoms with Crippen molar-refractivity contribution in [1.29, 1.82) is 0 Å². The Hall–Kier alpha value is -1.97. The lowest BCUT2D eigenvalue weighted by molar-refractivity contribution is 0.0601. The first kappa shape index (κ1) is 19.4. The molecule has 0 radical (unpaired) electrons. The number of thiocarbonyl (C=S) groups is 1. The summed E-state index contributed by atoms with van der Waals surface area (Å²) in [5, 5.41) is 5.50. The van der Waals surface area contributed by atoms with Crippen LogP contribution in [0.25, 0.3) is 0 Å². The number of amides is 1. The minimum atomic E-state index is -0.429.